The highest BCUT2D eigenvalue weighted by atomic mass is 16.3. The number of fused-ring (bicyclic) bond motifs is 1. The molecule has 0 aliphatic carbocycles. The predicted octanol–water partition coefficient (Wildman–Crippen LogP) is 5.12. The average molecular weight is 306 g/mol. The topological polar surface area (TPSA) is 45.1 Å². The SMILES string of the molecule is CCC(Nc1c(C)cccc1C)c1ccc2cccc(O)c2n1. The van der Waals surface area contributed by atoms with Gasteiger partial charge in [-0.25, -0.2) is 4.98 Å². The van der Waals surface area contributed by atoms with E-state index in [9.17, 15) is 5.11 Å². The molecule has 3 heteroatoms. The normalized spacial score (nSPS) is 12.3. The smallest absolute Gasteiger partial charge is 0.141 e. The Hall–Kier alpha value is -2.55. The van der Waals surface area contributed by atoms with Gasteiger partial charge in [-0.2, -0.15) is 0 Å². The molecule has 118 valence electrons. The van der Waals surface area contributed by atoms with Gasteiger partial charge in [-0.3, -0.25) is 0 Å². The fraction of sp³-hybridized carbons (Fsp3) is 0.250. The highest BCUT2D eigenvalue weighted by molar-refractivity contribution is 5.84. The van der Waals surface area contributed by atoms with E-state index in [2.05, 4.69) is 49.3 Å². The monoisotopic (exact) mass is 306 g/mol. The minimum atomic E-state index is 0.110. The van der Waals surface area contributed by atoms with E-state index in [1.165, 1.54) is 16.8 Å². The maximum Gasteiger partial charge on any atom is 0.141 e. The fourth-order valence-electron chi connectivity index (χ4n) is 2.94. The summed E-state index contributed by atoms with van der Waals surface area (Å²) in [6.07, 6.45) is 0.917. The van der Waals surface area contributed by atoms with Crippen LogP contribution in [0.4, 0.5) is 5.69 Å². The number of aryl methyl sites for hydroxylation is 2. The molecular formula is C20H22N2O. The maximum absolute atomic E-state index is 10.0. The van der Waals surface area contributed by atoms with Crippen LogP contribution in [0.2, 0.25) is 0 Å². The van der Waals surface area contributed by atoms with Crippen LogP contribution in [0.1, 0.15) is 36.2 Å². The molecule has 1 heterocycles. The number of hydrogen-bond acceptors (Lipinski definition) is 3. The quantitative estimate of drug-likeness (QED) is 0.703. The van der Waals surface area contributed by atoms with E-state index in [0.29, 0.717) is 5.52 Å². The summed E-state index contributed by atoms with van der Waals surface area (Å²) in [6.45, 7) is 6.37. The molecule has 0 spiro atoms. The van der Waals surface area contributed by atoms with Crippen molar-refractivity contribution in [2.75, 3.05) is 5.32 Å². The molecular weight excluding hydrogens is 284 g/mol. The Labute approximate surface area is 137 Å². The molecule has 2 aromatic carbocycles. The second-order valence-corrected chi connectivity index (χ2v) is 5.96. The summed E-state index contributed by atoms with van der Waals surface area (Å²) in [6, 6.07) is 15.9. The Kier molecular flexibility index (Phi) is 4.20. The number of hydrogen-bond donors (Lipinski definition) is 2. The minimum Gasteiger partial charge on any atom is -0.506 e. The zero-order chi connectivity index (χ0) is 16.4. The number of nitrogens with one attached hydrogen (secondary N) is 1. The Balaban J connectivity index is 1.99. The first-order chi connectivity index (χ1) is 11.1. The molecule has 1 atom stereocenters. The Morgan fingerprint density at radius 3 is 2.39 bits per heavy atom. The van der Waals surface area contributed by atoms with Crippen LogP contribution in [0.25, 0.3) is 10.9 Å². The van der Waals surface area contributed by atoms with Crippen molar-refractivity contribution in [2.45, 2.75) is 33.2 Å². The van der Waals surface area contributed by atoms with Crippen molar-refractivity contribution in [3.63, 3.8) is 0 Å². The van der Waals surface area contributed by atoms with Gasteiger partial charge in [0.2, 0.25) is 0 Å². The molecule has 0 aliphatic heterocycles. The van der Waals surface area contributed by atoms with Crippen molar-refractivity contribution in [1.82, 2.24) is 4.98 Å². The largest absolute Gasteiger partial charge is 0.506 e. The fourth-order valence-corrected chi connectivity index (χ4v) is 2.94. The van der Waals surface area contributed by atoms with Crippen molar-refractivity contribution < 1.29 is 5.11 Å². The van der Waals surface area contributed by atoms with Gasteiger partial charge in [0, 0.05) is 11.1 Å². The lowest BCUT2D eigenvalue weighted by molar-refractivity contribution is 0.480. The van der Waals surface area contributed by atoms with Crippen LogP contribution in [-0.4, -0.2) is 10.1 Å². The minimum absolute atomic E-state index is 0.110. The van der Waals surface area contributed by atoms with Crippen molar-refractivity contribution in [2.24, 2.45) is 0 Å². The highest BCUT2D eigenvalue weighted by Gasteiger charge is 2.14. The summed E-state index contributed by atoms with van der Waals surface area (Å²) >= 11 is 0. The molecule has 0 saturated carbocycles. The first-order valence-corrected chi connectivity index (χ1v) is 8.01. The third kappa shape index (κ3) is 3.00. The summed E-state index contributed by atoms with van der Waals surface area (Å²) in [5, 5.41) is 14.6. The van der Waals surface area contributed by atoms with E-state index in [0.717, 1.165) is 17.5 Å². The molecule has 23 heavy (non-hydrogen) atoms. The lowest BCUT2D eigenvalue weighted by Gasteiger charge is -2.21. The first kappa shape index (κ1) is 15.3. The van der Waals surface area contributed by atoms with Crippen molar-refractivity contribution in [3.8, 4) is 5.75 Å². The van der Waals surface area contributed by atoms with Gasteiger partial charge in [-0.1, -0.05) is 43.3 Å². The molecule has 0 saturated heterocycles. The summed E-state index contributed by atoms with van der Waals surface area (Å²) in [5.41, 5.74) is 5.23. The van der Waals surface area contributed by atoms with Crippen molar-refractivity contribution in [3.05, 3.63) is 65.4 Å². The Morgan fingerprint density at radius 1 is 1.00 bits per heavy atom. The van der Waals surface area contributed by atoms with Crippen LogP contribution in [0.15, 0.2) is 48.5 Å². The molecule has 0 radical (unpaired) electrons. The number of rotatable bonds is 4. The number of nitrogens with zero attached hydrogens (tertiary/aromatic N) is 1. The number of benzene rings is 2. The summed E-state index contributed by atoms with van der Waals surface area (Å²) in [5.74, 6) is 0.228. The molecule has 1 aromatic heterocycles. The summed E-state index contributed by atoms with van der Waals surface area (Å²) in [7, 11) is 0. The zero-order valence-corrected chi connectivity index (χ0v) is 13.8. The number of pyridine rings is 1. The zero-order valence-electron chi connectivity index (χ0n) is 13.8. The molecule has 0 bridgehead atoms. The van der Waals surface area contributed by atoms with Crippen LogP contribution < -0.4 is 5.32 Å². The lowest BCUT2D eigenvalue weighted by Crippen LogP contribution is -2.13. The van der Waals surface area contributed by atoms with E-state index in [-0.39, 0.29) is 11.8 Å². The van der Waals surface area contributed by atoms with Gasteiger partial charge >= 0.3 is 0 Å². The van der Waals surface area contributed by atoms with Gasteiger partial charge in [-0.15, -0.1) is 0 Å². The van der Waals surface area contributed by atoms with Crippen LogP contribution in [0.5, 0.6) is 5.75 Å². The molecule has 3 rings (SSSR count). The van der Waals surface area contributed by atoms with E-state index >= 15 is 0 Å². The first-order valence-electron chi connectivity index (χ1n) is 8.01. The van der Waals surface area contributed by atoms with Gasteiger partial charge in [-0.05, 0) is 43.5 Å². The van der Waals surface area contributed by atoms with Crippen LogP contribution >= 0.6 is 0 Å². The van der Waals surface area contributed by atoms with E-state index in [4.69, 9.17) is 0 Å². The van der Waals surface area contributed by atoms with Gasteiger partial charge in [0.25, 0.3) is 0 Å². The van der Waals surface area contributed by atoms with Crippen LogP contribution in [0.3, 0.4) is 0 Å². The number of para-hydroxylation sites is 2. The molecule has 2 N–H and O–H groups in total. The standard InChI is InChI=1S/C20H22N2O/c1-4-16(21-19-13(2)7-5-8-14(19)3)17-12-11-15-9-6-10-18(23)20(15)22-17/h5-12,16,21,23H,4H2,1-3H3. The number of aromatic hydroxyl groups is 1. The molecule has 3 aromatic rings. The molecule has 0 fully saturated rings. The molecule has 0 aliphatic rings. The molecule has 3 nitrogen and oxygen atoms in total. The second kappa shape index (κ2) is 6.29. The van der Waals surface area contributed by atoms with Gasteiger partial charge < -0.3 is 10.4 Å². The van der Waals surface area contributed by atoms with Crippen LogP contribution in [0, 0.1) is 13.8 Å². The van der Waals surface area contributed by atoms with Gasteiger partial charge in [0.15, 0.2) is 0 Å². The second-order valence-electron chi connectivity index (χ2n) is 5.96. The molecule has 0 amide bonds. The third-order valence-electron chi connectivity index (χ3n) is 4.29. The molecule has 1 unspecified atom stereocenters. The van der Waals surface area contributed by atoms with Gasteiger partial charge in [0.05, 0.1) is 11.7 Å². The van der Waals surface area contributed by atoms with Gasteiger partial charge in [0.1, 0.15) is 11.3 Å². The van der Waals surface area contributed by atoms with Crippen molar-refractivity contribution >= 4 is 16.6 Å². The summed E-state index contributed by atoms with van der Waals surface area (Å²) in [4.78, 5) is 4.69. The Bertz CT molecular complexity index is 822. The maximum atomic E-state index is 10.0. The summed E-state index contributed by atoms with van der Waals surface area (Å²) < 4.78 is 0. The van der Waals surface area contributed by atoms with E-state index in [1.807, 2.05) is 24.3 Å². The lowest BCUT2D eigenvalue weighted by atomic mass is 10.0. The average Bonchev–Trinajstić information content (AvgIpc) is 2.55. The van der Waals surface area contributed by atoms with Crippen molar-refractivity contribution in [1.29, 1.82) is 0 Å². The third-order valence-corrected chi connectivity index (χ3v) is 4.29. The van der Waals surface area contributed by atoms with E-state index in [1.54, 1.807) is 6.07 Å². The number of anilines is 1. The van der Waals surface area contributed by atoms with Crippen LogP contribution in [-0.2, 0) is 0 Å². The number of phenolic OH excluding ortho intramolecular Hbond substituents is 1. The van der Waals surface area contributed by atoms with E-state index < -0.39 is 0 Å². The number of aromatic nitrogens is 1. The Morgan fingerprint density at radius 2 is 1.70 bits per heavy atom. The number of phenols is 1. The highest BCUT2D eigenvalue weighted by Crippen LogP contribution is 2.29. The predicted molar refractivity (Wildman–Crippen MR) is 96.0 cm³/mol.